The van der Waals surface area contributed by atoms with Crippen molar-refractivity contribution < 1.29 is 0 Å². The summed E-state index contributed by atoms with van der Waals surface area (Å²) in [5.41, 5.74) is 0. The summed E-state index contributed by atoms with van der Waals surface area (Å²) in [6, 6.07) is 0. The molecule has 0 aromatic carbocycles. The van der Waals surface area contributed by atoms with Crippen molar-refractivity contribution in [3.05, 3.63) is 12.2 Å². The van der Waals surface area contributed by atoms with E-state index >= 15 is 0 Å². The topological polar surface area (TPSA) is 0 Å². The second-order valence-electron chi connectivity index (χ2n) is 3.23. The van der Waals surface area contributed by atoms with E-state index in [1.165, 1.54) is 38.5 Å². The predicted octanol–water partition coefficient (Wildman–Crippen LogP) is 4.69. The Hall–Kier alpha value is 0.220. The van der Waals surface area contributed by atoms with Crippen LogP contribution in [0.4, 0.5) is 0 Å². The Morgan fingerprint density at radius 3 is 2.50 bits per heavy atom. The first kappa shape index (κ1) is 12.2. The molecule has 0 amide bonds. The molecule has 0 aliphatic heterocycles. The van der Waals surface area contributed by atoms with Gasteiger partial charge in [-0.25, -0.2) is 0 Å². The van der Waals surface area contributed by atoms with E-state index in [0.717, 1.165) is 0 Å². The zero-order chi connectivity index (χ0) is 9.23. The highest BCUT2D eigenvalue weighted by Gasteiger charge is 1.96. The van der Waals surface area contributed by atoms with Gasteiger partial charge in [-0.3, -0.25) is 0 Å². The molecule has 72 valence electrons. The molecule has 0 radical (unpaired) electrons. The molecular weight excluding hydrogens is 212 g/mol. The quantitative estimate of drug-likeness (QED) is 0.340. The van der Waals surface area contributed by atoms with Gasteiger partial charge in [0.25, 0.3) is 0 Å². The Balaban J connectivity index is 3.26. The molecule has 12 heavy (non-hydrogen) atoms. The number of unbranched alkanes of at least 4 members (excludes halogenated alkanes) is 3. The minimum Gasteiger partial charge on any atom is -0.0874 e. The van der Waals surface area contributed by atoms with E-state index in [2.05, 4.69) is 41.9 Å². The average Bonchev–Trinajstić information content (AvgIpc) is 2.06. The van der Waals surface area contributed by atoms with Gasteiger partial charge in [0.1, 0.15) is 0 Å². The number of halogens is 1. The first-order valence-corrected chi connectivity index (χ1v) is 6.03. The molecular formula is C11H21Br. The minimum atomic E-state index is 0.607. The van der Waals surface area contributed by atoms with Crippen LogP contribution < -0.4 is 0 Å². The third kappa shape index (κ3) is 8.32. The summed E-state index contributed by atoms with van der Waals surface area (Å²) in [4.78, 5) is 0.607. The molecule has 0 bridgehead atoms. The molecule has 0 spiro atoms. The van der Waals surface area contributed by atoms with Crippen molar-refractivity contribution in [2.45, 2.75) is 57.2 Å². The highest BCUT2D eigenvalue weighted by molar-refractivity contribution is 9.09. The maximum Gasteiger partial charge on any atom is 0.0325 e. The molecule has 0 aromatic rings. The van der Waals surface area contributed by atoms with Crippen LogP contribution in [0.2, 0.25) is 0 Å². The Bertz CT molecular complexity index is 108. The van der Waals surface area contributed by atoms with Gasteiger partial charge in [0.2, 0.25) is 0 Å². The molecule has 1 heteroatoms. The number of allylic oxidation sites excluding steroid dienone is 2. The molecule has 0 saturated carbocycles. The lowest BCUT2D eigenvalue weighted by Gasteiger charge is -2.02. The molecule has 0 heterocycles. The second kappa shape index (κ2) is 9.31. The molecule has 0 rings (SSSR count). The van der Waals surface area contributed by atoms with Crippen molar-refractivity contribution >= 4 is 15.9 Å². The minimum absolute atomic E-state index is 0.607. The van der Waals surface area contributed by atoms with Crippen LogP contribution in [0.25, 0.3) is 0 Å². The van der Waals surface area contributed by atoms with Gasteiger partial charge < -0.3 is 0 Å². The van der Waals surface area contributed by atoms with Crippen LogP contribution in [0.15, 0.2) is 12.2 Å². The Morgan fingerprint density at radius 2 is 1.92 bits per heavy atom. The summed E-state index contributed by atoms with van der Waals surface area (Å²) < 4.78 is 0. The third-order valence-electron chi connectivity index (χ3n) is 1.88. The molecule has 0 aliphatic carbocycles. The monoisotopic (exact) mass is 232 g/mol. The lowest BCUT2D eigenvalue weighted by Crippen LogP contribution is -1.91. The lowest BCUT2D eigenvalue weighted by molar-refractivity contribution is 0.683. The van der Waals surface area contributed by atoms with Crippen LogP contribution in [0.1, 0.15) is 52.4 Å². The summed E-state index contributed by atoms with van der Waals surface area (Å²) >= 11 is 3.65. The number of rotatable bonds is 7. The van der Waals surface area contributed by atoms with Crippen molar-refractivity contribution in [2.24, 2.45) is 0 Å². The molecule has 0 nitrogen and oxygen atoms in total. The van der Waals surface area contributed by atoms with Gasteiger partial charge in [-0.15, -0.1) is 0 Å². The van der Waals surface area contributed by atoms with E-state index < -0.39 is 0 Å². The van der Waals surface area contributed by atoms with E-state index in [-0.39, 0.29) is 0 Å². The van der Waals surface area contributed by atoms with Crippen LogP contribution in [-0.4, -0.2) is 4.83 Å². The van der Waals surface area contributed by atoms with Crippen molar-refractivity contribution in [3.8, 4) is 0 Å². The van der Waals surface area contributed by atoms with Crippen molar-refractivity contribution in [3.63, 3.8) is 0 Å². The highest BCUT2D eigenvalue weighted by atomic mass is 79.9. The van der Waals surface area contributed by atoms with E-state index in [4.69, 9.17) is 0 Å². The highest BCUT2D eigenvalue weighted by Crippen LogP contribution is 2.12. The van der Waals surface area contributed by atoms with Gasteiger partial charge in [0.05, 0.1) is 0 Å². The average molecular weight is 233 g/mol. The van der Waals surface area contributed by atoms with Crippen molar-refractivity contribution in [1.29, 1.82) is 0 Å². The van der Waals surface area contributed by atoms with Gasteiger partial charge in [-0.1, -0.05) is 67.6 Å². The third-order valence-corrected chi connectivity index (χ3v) is 2.65. The summed E-state index contributed by atoms with van der Waals surface area (Å²) in [7, 11) is 0. The molecule has 0 N–H and O–H groups in total. The van der Waals surface area contributed by atoms with E-state index in [0.29, 0.717) is 4.83 Å². The van der Waals surface area contributed by atoms with E-state index in [1.54, 1.807) is 0 Å². The fourth-order valence-corrected chi connectivity index (χ4v) is 1.64. The number of hydrogen-bond acceptors (Lipinski definition) is 0. The van der Waals surface area contributed by atoms with Crippen molar-refractivity contribution in [1.82, 2.24) is 0 Å². The summed E-state index contributed by atoms with van der Waals surface area (Å²) in [6.07, 6.45) is 12.4. The fraction of sp³-hybridized carbons (Fsp3) is 0.818. The largest absolute Gasteiger partial charge is 0.0874 e. The van der Waals surface area contributed by atoms with Gasteiger partial charge in [0.15, 0.2) is 0 Å². The van der Waals surface area contributed by atoms with Gasteiger partial charge >= 0.3 is 0 Å². The lowest BCUT2D eigenvalue weighted by atomic mass is 10.1. The van der Waals surface area contributed by atoms with Gasteiger partial charge in [-0.2, -0.15) is 0 Å². The summed E-state index contributed by atoms with van der Waals surface area (Å²) in [5, 5.41) is 0. The van der Waals surface area contributed by atoms with Gasteiger partial charge in [-0.05, 0) is 12.8 Å². The number of alkyl halides is 1. The number of hydrogen-bond donors (Lipinski definition) is 0. The van der Waals surface area contributed by atoms with E-state index in [1.807, 2.05) is 0 Å². The first-order valence-electron chi connectivity index (χ1n) is 5.12. The summed E-state index contributed by atoms with van der Waals surface area (Å²) in [6.45, 7) is 4.46. The van der Waals surface area contributed by atoms with E-state index in [9.17, 15) is 0 Å². The van der Waals surface area contributed by atoms with Crippen LogP contribution in [0, 0.1) is 0 Å². The molecule has 0 aliphatic rings. The second-order valence-corrected chi connectivity index (χ2v) is 4.40. The zero-order valence-corrected chi connectivity index (χ0v) is 9.94. The maximum atomic E-state index is 3.65. The molecule has 0 fully saturated rings. The molecule has 1 unspecified atom stereocenters. The fourth-order valence-electron chi connectivity index (χ4n) is 1.10. The maximum absolute atomic E-state index is 3.65. The predicted molar refractivity (Wildman–Crippen MR) is 60.9 cm³/mol. The summed E-state index contributed by atoms with van der Waals surface area (Å²) in [5.74, 6) is 0. The Morgan fingerprint density at radius 1 is 1.17 bits per heavy atom. The van der Waals surface area contributed by atoms with Crippen LogP contribution in [0.5, 0.6) is 0 Å². The smallest absolute Gasteiger partial charge is 0.0325 e. The van der Waals surface area contributed by atoms with Crippen LogP contribution in [-0.2, 0) is 0 Å². The SMILES string of the molecule is CCCC=CC(Br)CCCCC. The molecule has 0 saturated heterocycles. The van der Waals surface area contributed by atoms with Gasteiger partial charge in [0, 0.05) is 4.83 Å². The van der Waals surface area contributed by atoms with Crippen LogP contribution in [0.3, 0.4) is 0 Å². The standard InChI is InChI=1S/C11H21Br/c1-3-5-7-9-11(12)10-8-6-4-2/h7,9,11H,3-6,8,10H2,1-2H3. The zero-order valence-electron chi connectivity index (χ0n) is 8.35. The first-order chi connectivity index (χ1) is 5.81. The Labute approximate surface area is 85.6 Å². The Kier molecular flexibility index (Phi) is 9.48. The molecule has 0 aromatic heterocycles. The van der Waals surface area contributed by atoms with Crippen LogP contribution >= 0.6 is 15.9 Å². The van der Waals surface area contributed by atoms with Crippen molar-refractivity contribution in [2.75, 3.05) is 0 Å². The molecule has 1 atom stereocenters. The normalized spacial score (nSPS) is 13.9.